The Hall–Kier alpha value is -1.78. The molecule has 1 unspecified atom stereocenters. The standard InChI is InChI=1S/C19H21Cl2N3O/c1-2-15-6-3-4-9-24(15)19(25)13-10-14(12-22-11-13)23-17-8-5-7-16(20)18(17)21/h5,7-8,10-12,15,23H,2-4,6,9H2,1H3. The molecular weight excluding hydrogens is 357 g/mol. The summed E-state index contributed by atoms with van der Waals surface area (Å²) in [7, 11) is 0. The van der Waals surface area contributed by atoms with Gasteiger partial charge in [-0.3, -0.25) is 9.78 Å². The number of piperidine rings is 1. The molecule has 1 fully saturated rings. The van der Waals surface area contributed by atoms with Crippen LogP contribution < -0.4 is 5.32 Å². The normalized spacial score (nSPS) is 17.4. The molecule has 0 saturated carbocycles. The van der Waals surface area contributed by atoms with Crippen LogP contribution in [0.4, 0.5) is 11.4 Å². The highest BCUT2D eigenvalue weighted by molar-refractivity contribution is 6.43. The number of rotatable bonds is 4. The van der Waals surface area contributed by atoms with Gasteiger partial charge in [0.15, 0.2) is 0 Å². The molecule has 1 amide bonds. The fourth-order valence-corrected chi connectivity index (χ4v) is 3.59. The Kier molecular flexibility index (Phi) is 5.82. The number of hydrogen-bond donors (Lipinski definition) is 1. The number of amides is 1. The van der Waals surface area contributed by atoms with Crippen molar-refractivity contribution in [3.05, 3.63) is 52.3 Å². The molecule has 2 heterocycles. The van der Waals surface area contributed by atoms with Gasteiger partial charge >= 0.3 is 0 Å². The van der Waals surface area contributed by atoms with E-state index in [1.165, 1.54) is 6.42 Å². The van der Waals surface area contributed by atoms with Crippen LogP contribution >= 0.6 is 23.2 Å². The minimum atomic E-state index is 0.0416. The summed E-state index contributed by atoms with van der Waals surface area (Å²) in [6.45, 7) is 2.95. The lowest BCUT2D eigenvalue weighted by Crippen LogP contribution is -2.43. The average molecular weight is 378 g/mol. The lowest BCUT2D eigenvalue weighted by Gasteiger charge is -2.35. The SMILES string of the molecule is CCC1CCCCN1C(=O)c1cncc(Nc2cccc(Cl)c2Cl)c1. The zero-order valence-corrected chi connectivity index (χ0v) is 15.6. The van der Waals surface area contributed by atoms with Crippen molar-refractivity contribution < 1.29 is 4.79 Å². The Morgan fingerprint density at radius 2 is 2.16 bits per heavy atom. The second kappa shape index (κ2) is 8.07. The minimum Gasteiger partial charge on any atom is -0.353 e. The molecule has 0 bridgehead atoms. The van der Waals surface area contributed by atoms with Gasteiger partial charge in [-0.2, -0.15) is 0 Å². The molecule has 0 radical (unpaired) electrons. The van der Waals surface area contributed by atoms with E-state index < -0.39 is 0 Å². The Morgan fingerprint density at radius 3 is 2.96 bits per heavy atom. The van der Waals surface area contributed by atoms with E-state index in [2.05, 4.69) is 17.2 Å². The predicted octanol–water partition coefficient (Wildman–Crippen LogP) is 5.54. The quantitative estimate of drug-likeness (QED) is 0.760. The van der Waals surface area contributed by atoms with Gasteiger partial charge in [0.1, 0.15) is 0 Å². The van der Waals surface area contributed by atoms with E-state index in [-0.39, 0.29) is 5.91 Å². The van der Waals surface area contributed by atoms with Gasteiger partial charge in [-0.1, -0.05) is 36.2 Å². The Balaban J connectivity index is 1.81. The van der Waals surface area contributed by atoms with Crippen LogP contribution in [-0.4, -0.2) is 28.4 Å². The van der Waals surface area contributed by atoms with Crippen molar-refractivity contribution in [2.45, 2.75) is 38.6 Å². The highest BCUT2D eigenvalue weighted by Gasteiger charge is 2.26. The van der Waals surface area contributed by atoms with Crippen molar-refractivity contribution >= 4 is 40.5 Å². The second-order valence-electron chi connectivity index (χ2n) is 6.25. The number of anilines is 2. The molecule has 25 heavy (non-hydrogen) atoms. The Morgan fingerprint density at radius 1 is 1.32 bits per heavy atom. The average Bonchev–Trinajstić information content (AvgIpc) is 2.65. The lowest BCUT2D eigenvalue weighted by atomic mass is 9.99. The molecule has 1 aromatic heterocycles. The number of halogens is 2. The zero-order valence-electron chi connectivity index (χ0n) is 14.1. The molecule has 0 aliphatic carbocycles. The van der Waals surface area contributed by atoms with Gasteiger partial charge in [-0.05, 0) is 43.9 Å². The molecule has 1 aromatic carbocycles. The summed E-state index contributed by atoms with van der Waals surface area (Å²) >= 11 is 12.3. The van der Waals surface area contributed by atoms with Gasteiger partial charge in [0.25, 0.3) is 5.91 Å². The predicted molar refractivity (Wildman–Crippen MR) is 103 cm³/mol. The number of likely N-dealkylation sites (tertiary alicyclic amines) is 1. The summed E-state index contributed by atoms with van der Waals surface area (Å²) in [5, 5.41) is 4.11. The van der Waals surface area contributed by atoms with Crippen molar-refractivity contribution in [2.24, 2.45) is 0 Å². The molecule has 132 valence electrons. The van der Waals surface area contributed by atoms with E-state index in [0.29, 0.717) is 33.0 Å². The molecule has 1 aliphatic rings. The summed E-state index contributed by atoms with van der Waals surface area (Å²) in [6, 6.07) is 7.52. The monoisotopic (exact) mass is 377 g/mol. The molecule has 2 aromatic rings. The summed E-state index contributed by atoms with van der Waals surface area (Å²) in [5.74, 6) is 0.0416. The van der Waals surface area contributed by atoms with E-state index in [1.54, 1.807) is 18.5 Å². The maximum atomic E-state index is 12.9. The molecule has 1 aliphatic heterocycles. The molecule has 4 nitrogen and oxygen atoms in total. The fraction of sp³-hybridized carbons (Fsp3) is 0.368. The van der Waals surface area contributed by atoms with E-state index in [4.69, 9.17) is 23.2 Å². The number of hydrogen-bond acceptors (Lipinski definition) is 3. The lowest BCUT2D eigenvalue weighted by molar-refractivity contribution is 0.0607. The number of aromatic nitrogens is 1. The van der Waals surface area contributed by atoms with Crippen molar-refractivity contribution in [3.8, 4) is 0 Å². The van der Waals surface area contributed by atoms with Crippen LogP contribution in [-0.2, 0) is 0 Å². The van der Waals surface area contributed by atoms with E-state index >= 15 is 0 Å². The molecule has 6 heteroatoms. The van der Waals surface area contributed by atoms with Crippen LogP contribution in [0.1, 0.15) is 43.0 Å². The highest BCUT2D eigenvalue weighted by atomic mass is 35.5. The van der Waals surface area contributed by atoms with Crippen molar-refractivity contribution in [3.63, 3.8) is 0 Å². The molecular formula is C19H21Cl2N3O. The highest BCUT2D eigenvalue weighted by Crippen LogP contribution is 2.32. The molecule has 1 N–H and O–H groups in total. The first-order valence-electron chi connectivity index (χ1n) is 8.57. The maximum Gasteiger partial charge on any atom is 0.255 e. The van der Waals surface area contributed by atoms with Crippen LogP contribution in [0, 0.1) is 0 Å². The van der Waals surface area contributed by atoms with Crippen molar-refractivity contribution in [1.82, 2.24) is 9.88 Å². The minimum absolute atomic E-state index is 0.0416. The second-order valence-corrected chi connectivity index (χ2v) is 7.03. The van der Waals surface area contributed by atoms with Gasteiger partial charge in [0.05, 0.1) is 33.2 Å². The number of pyridine rings is 1. The van der Waals surface area contributed by atoms with Gasteiger partial charge in [-0.15, -0.1) is 0 Å². The van der Waals surface area contributed by atoms with Gasteiger partial charge in [-0.25, -0.2) is 0 Å². The third-order valence-electron chi connectivity index (χ3n) is 4.58. The number of nitrogens with one attached hydrogen (secondary N) is 1. The maximum absolute atomic E-state index is 12.9. The first-order valence-corrected chi connectivity index (χ1v) is 9.32. The first-order chi connectivity index (χ1) is 12.1. The summed E-state index contributed by atoms with van der Waals surface area (Å²) in [4.78, 5) is 19.1. The van der Waals surface area contributed by atoms with Crippen molar-refractivity contribution in [2.75, 3.05) is 11.9 Å². The van der Waals surface area contributed by atoms with Crippen LogP contribution in [0.2, 0.25) is 10.0 Å². The van der Waals surface area contributed by atoms with Crippen LogP contribution in [0.5, 0.6) is 0 Å². The third kappa shape index (κ3) is 4.07. The Bertz CT molecular complexity index is 766. The van der Waals surface area contributed by atoms with E-state index in [1.807, 2.05) is 23.1 Å². The number of benzene rings is 1. The Labute approximate surface area is 158 Å². The molecule has 1 saturated heterocycles. The van der Waals surface area contributed by atoms with Crippen LogP contribution in [0.3, 0.4) is 0 Å². The summed E-state index contributed by atoms with van der Waals surface area (Å²) in [5.41, 5.74) is 1.98. The number of carbonyl (C=O) groups is 1. The number of carbonyl (C=O) groups excluding carboxylic acids is 1. The van der Waals surface area contributed by atoms with E-state index in [0.717, 1.165) is 25.8 Å². The van der Waals surface area contributed by atoms with Crippen LogP contribution in [0.25, 0.3) is 0 Å². The molecule has 1 atom stereocenters. The molecule has 3 rings (SSSR count). The topological polar surface area (TPSA) is 45.2 Å². The largest absolute Gasteiger partial charge is 0.353 e. The van der Waals surface area contributed by atoms with Crippen LogP contribution in [0.15, 0.2) is 36.7 Å². The third-order valence-corrected chi connectivity index (χ3v) is 5.39. The van der Waals surface area contributed by atoms with Gasteiger partial charge in [0.2, 0.25) is 0 Å². The van der Waals surface area contributed by atoms with Gasteiger partial charge < -0.3 is 10.2 Å². The smallest absolute Gasteiger partial charge is 0.255 e. The zero-order chi connectivity index (χ0) is 17.8. The van der Waals surface area contributed by atoms with Gasteiger partial charge in [0, 0.05) is 18.8 Å². The summed E-state index contributed by atoms with van der Waals surface area (Å²) < 4.78 is 0. The first kappa shape index (κ1) is 18.0. The van der Waals surface area contributed by atoms with E-state index in [9.17, 15) is 4.79 Å². The fourth-order valence-electron chi connectivity index (χ4n) is 3.24. The molecule has 0 spiro atoms. The van der Waals surface area contributed by atoms with Crippen molar-refractivity contribution in [1.29, 1.82) is 0 Å². The number of nitrogens with zero attached hydrogens (tertiary/aromatic N) is 2. The summed E-state index contributed by atoms with van der Waals surface area (Å²) in [6.07, 6.45) is 7.60.